The van der Waals surface area contributed by atoms with Crippen LogP contribution in [0, 0.1) is 0 Å². The standard InChI is InChI=1S/C16H16N2OS/c19-16(13-20-12-15-9-5-2-6-10-15)18-17-11-14-7-3-1-4-8-14/h1-11H,12-13H2,(H,18,19)/b17-11-. The summed E-state index contributed by atoms with van der Waals surface area (Å²) in [6, 6.07) is 19.8. The van der Waals surface area contributed by atoms with Crippen LogP contribution in [0.3, 0.4) is 0 Å². The average molecular weight is 284 g/mol. The summed E-state index contributed by atoms with van der Waals surface area (Å²) in [5.41, 5.74) is 4.71. The molecule has 0 atom stereocenters. The molecule has 102 valence electrons. The number of carbonyl (C=O) groups excluding carboxylic acids is 1. The van der Waals surface area contributed by atoms with Gasteiger partial charge in [-0.15, -0.1) is 11.8 Å². The van der Waals surface area contributed by atoms with Gasteiger partial charge in [0.05, 0.1) is 12.0 Å². The van der Waals surface area contributed by atoms with E-state index in [1.54, 1.807) is 18.0 Å². The van der Waals surface area contributed by atoms with Crippen LogP contribution in [0.2, 0.25) is 0 Å². The molecule has 0 aromatic heterocycles. The van der Waals surface area contributed by atoms with Crippen LogP contribution < -0.4 is 5.43 Å². The number of carbonyl (C=O) groups is 1. The first-order valence-electron chi connectivity index (χ1n) is 6.33. The summed E-state index contributed by atoms with van der Waals surface area (Å²) in [6.45, 7) is 0. The SMILES string of the molecule is O=C(CSCc1ccccc1)N/N=C\c1ccccc1. The number of hydrogen-bond donors (Lipinski definition) is 1. The van der Waals surface area contributed by atoms with Crippen molar-refractivity contribution in [2.75, 3.05) is 5.75 Å². The maximum atomic E-state index is 11.6. The number of amides is 1. The molecule has 0 aliphatic rings. The van der Waals surface area contributed by atoms with E-state index in [0.29, 0.717) is 5.75 Å². The van der Waals surface area contributed by atoms with Gasteiger partial charge in [-0.25, -0.2) is 5.43 Å². The summed E-state index contributed by atoms with van der Waals surface area (Å²) in [5.74, 6) is 1.15. The van der Waals surface area contributed by atoms with Crippen LogP contribution in [0.25, 0.3) is 0 Å². The van der Waals surface area contributed by atoms with Gasteiger partial charge >= 0.3 is 0 Å². The molecule has 0 unspecified atom stereocenters. The molecule has 2 aromatic carbocycles. The van der Waals surface area contributed by atoms with Crippen molar-refractivity contribution < 1.29 is 4.79 Å². The molecule has 0 saturated carbocycles. The number of nitrogens with zero attached hydrogens (tertiary/aromatic N) is 1. The highest BCUT2D eigenvalue weighted by Gasteiger charge is 2.00. The van der Waals surface area contributed by atoms with Crippen molar-refractivity contribution in [1.29, 1.82) is 0 Å². The predicted molar refractivity (Wildman–Crippen MR) is 84.8 cm³/mol. The third-order valence-corrected chi connectivity index (χ3v) is 3.55. The molecule has 2 aromatic rings. The lowest BCUT2D eigenvalue weighted by atomic mass is 10.2. The van der Waals surface area contributed by atoms with Gasteiger partial charge in [0.2, 0.25) is 5.91 Å². The van der Waals surface area contributed by atoms with E-state index >= 15 is 0 Å². The van der Waals surface area contributed by atoms with Gasteiger partial charge < -0.3 is 0 Å². The highest BCUT2D eigenvalue weighted by molar-refractivity contribution is 7.99. The molecular formula is C16H16N2OS. The maximum Gasteiger partial charge on any atom is 0.250 e. The Morgan fingerprint density at radius 2 is 1.70 bits per heavy atom. The first-order chi connectivity index (χ1) is 9.84. The fourth-order valence-electron chi connectivity index (χ4n) is 1.59. The predicted octanol–water partition coefficient (Wildman–Crippen LogP) is 3.07. The Hall–Kier alpha value is -2.07. The zero-order valence-electron chi connectivity index (χ0n) is 11.0. The minimum atomic E-state index is -0.0851. The highest BCUT2D eigenvalue weighted by atomic mass is 32.2. The van der Waals surface area contributed by atoms with E-state index in [1.165, 1.54) is 5.56 Å². The van der Waals surface area contributed by atoms with Crippen LogP contribution >= 0.6 is 11.8 Å². The number of rotatable bonds is 6. The van der Waals surface area contributed by atoms with Crippen molar-refractivity contribution in [1.82, 2.24) is 5.43 Å². The van der Waals surface area contributed by atoms with E-state index in [9.17, 15) is 4.79 Å². The highest BCUT2D eigenvalue weighted by Crippen LogP contribution is 2.10. The van der Waals surface area contributed by atoms with Gasteiger partial charge in [-0.2, -0.15) is 5.10 Å². The second-order valence-electron chi connectivity index (χ2n) is 4.18. The van der Waals surface area contributed by atoms with Crippen LogP contribution in [0.1, 0.15) is 11.1 Å². The van der Waals surface area contributed by atoms with Gasteiger partial charge in [0, 0.05) is 5.75 Å². The molecular weight excluding hydrogens is 268 g/mol. The minimum Gasteiger partial charge on any atom is -0.272 e. The quantitative estimate of drug-likeness (QED) is 0.654. The summed E-state index contributed by atoms with van der Waals surface area (Å²) in [6.07, 6.45) is 1.64. The largest absolute Gasteiger partial charge is 0.272 e. The fraction of sp³-hybridized carbons (Fsp3) is 0.125. The number of hydrazone groups is 1. The first-order valence-corrected chi connectivity index (χ1v) is 7.49. The molecule has 0 fully saturated rings. The molecule has 20 heavy (non-hydrogen) atoms. The molecule has 0 aliphatic carbocycles. The lowest BCUT2D eigenvalue weighted by molar-refractivity contribution is -0.118. The van der Waals surface area contributed by atoms with Crippen molar-refractivity contribution in [3.8, 4) is 0 Å². The normalized spacial score (nSPS) is 10.6. The van der Waals surface area contributed by atoms with Gasteiger partial charge in [0.15, 0.2) is 0 Å². The number of nitrogens with one attached hydrogen (secondary N) is 1. The maximum absolute atomic E-state index is 11.6. The summed E-state index contributed by atoms with van der Waals surface area (Å²) in [4.78, 5) is 11.6. The zero-order valence-corrected chi connectivity index (χ0v) is 11.8. The van der Waals surface area contributed by atoms with E-state index in [4.69, 9.17) is 0 Å². The van der Waals surface area contributed by atoms with Crippen LogP contribution in [0.5, 0.6) is 0 Å². The Morgan fingerprint density at radius 1 is 1.05 bits per heavy atom. The monoisotopic (exact) mass is 284 g/mol. The Morgan fingerprint density at radius 3 is 2.40 bits per heavy atom. The Labute approximate surface area is 123 Å². The minimum absolute atomic E-state index is 0.0851. The van der Waals surface area contributed by atoms with Gasteiger partial charge in [-0.05, 0) is 11.1 Å². The third kappa shape index (κ3) is 5.28. The fourth-order valence-corrected chi connectivity index (χ4v) is 2.37. The Balaban J connectivity index is 1.67. The number of benzene rings is 2. The molecule has 0 aliphatic heterocycles. The molecule has 1 amide bonds. The second kappa shape index (κ2) is 8.17. The third-order valence-electron chi connectivity index (χ3n) is 2.55. The van der Waals surface area contributed by atoms with E-state index < -0.39 is 0 Å². The number of thioether (sulfide) groups is 1. The molecule has 0 saturated heterocycles. The van der Waals surface area contributed by atoms with Crippen LogP contribution in [-0.2, 0) is 10.5 Å². The topological polar surface area (TPSA) is 41.5 Å². The lowest BCUT2D eigenvalue weighted by Gasteiger charge is -2.01. The molecule has 0 radical (unpaired) electrons. The van der Waals surface area contributed by atoms with E-state index in [1.807, 2.05) is 48.5 Å². The van der Waals surface area contributed by atoms with E-state index in [2.05, 4.69) is 22.7 Å². The summed E-state index contributed by atoms with van der Waals surface area (Å²) in [5, 5.41) is 3.93. The Bertz CT molecular complexity index is 555. The average Bonchev–Trinajstić information content (AvgIpc) is 2.49. The molecule has 2 rings (SSSR count). The molecule has 1 N–H and O–H groups in total. The van der Waals surface area contributed by atoms with Crippen LogP contribution in [0.4, 0.5) is 0 Å². The molecule has 0 heterocycles. The van der Waals surface area contributed by atoms with Crippen molar-refractivity contribution >= 4 is 23.9 Å². The van der Waals surface area contributed by atoms with Crippen molar-refractivity contribution in [2.24, 2.45) is 5.10 Å². The molecule has 0 spiro atoms. The van der Waals surface area contributed by atoms with E-state index in [-0.39, 0.29) is 5.91 Å². The molecule has 0 bridgehead atoms. The van der Waals surface area contributed by atoms with Gasteiger partial charge in [-0.3, -0.25) is 4.79 Å². The van der Waals surface area contributed by atoms with Gasteiger partial charge in [-0.1, -0.05) is 60.7 Å². The van der Waals surface area contributed by atoms with Crippen molar-refractivity contribution in [3.05, 3.63) is 71.8 Å². The van der Waals surface area contributed by atoms with E-state index in [0.717, 1.165) is 11.3 Å². The zero-order chi connectivity index (χ0) is 14.0. The van der Waals surface area contributed by atoms with Crippen LogP contribution in [-0.4, -0.2) is 17.9 Å². The van der Waals surface area contributed by atoms with Gasteiger partial charge in [0.1, 0.15) is 0 Å². The summed E-state index contributed by atoms with van der Waals surface area (Å²) < 4.78 is 0. The smallest absolute Gasteiger partial charge is 0.250 e. The number of hydrogen-bond acceptors (Lipinski definition) is 3. The second-order valence-corrected chi connectivity index (χ2v) is 5.17. The van der Waals surface area contributed by atoms with Crippen LogP contribution in [0.15, 0.2) is 65.8 Å². The molecule has 3 nitrogen and oxygen atoms in total. The Kier molecular flexibility index (Phi) is 5.86. The molecule has 4 heteroatoms. The van der Waals surface area contributed by atoms with Crippen molar-refractivity contribution in [3.63, 3.8) is 0 Å². The summed E-state index contributed by atoms with van der Waals surface area (Å²) in [7, 11) is 0. The summed E-state index contributed by atoms with van der Waals surface area (Å²) >= 11 is 1.57. The van der Waals surface area contributed by atoms with Gasteiger partial charge in [0.25, 0.3) is 0 Å². The first kappa shape index (κ1) is 14.3. The van der Waals surface area contributed by atoms with Crippen molar-refractivity contribution in [2.45, 2.75) is 5.75 Å². The lowest BCUT2D eigenvalue weighted by Crippen LogP contribution is -2.19.